The normalized spacial score (nSPS) is 17.6. The first-order valence-corrected chi connectivity index (χ1v) is 8.05. The summed E-state index contributed by atoms with van der Waals surface area (Å²) >= 11 is 0. The average Bonchev–Trinajstić information content (AvgIpc) is 2.81. The van der Waals surface area contributed by atoms with Crippen molar-refractivity contribution < 1.29 is 9.53 Å². The molecule has 0 unspecified atom stereocenters. The molecule has 1 N–H and O–H groups in total. The van der Waals surface area contributed by atoms with Crippen LogP contribution in [0.4, 0.5) is 11.5 Å². The summed E-state index contributed by atoms with van der Waals surface area (Å²) < 4.78 is 5.41. The third-order valence-corrected chi connectivity index (χ3v) is 4.14. The summed E-state index contributed by atoms with van der Waals surface area (Å²) in [5.74, 6) is 0.764. The molecule has 6 heteroatoms. The molecular weight excluding hydrogens is 304 g/mol. The minimum absolute atomic E-state index is 0.105. The largest absolute Gasteiger partial charge is 0.378 e. The summed E-state index contributed by atoms with van der Waals surface area (Å²) in [6.45, 7) is 3.14. The summed E-state index contributed by atoms with van der Waals surface area (Å²) in [6.07, 6.45) is 0. The molecule has 0 radical (unpaired) electrons. The number of pyridine rings is 1. The number of morpholine rings is 1. The lowest BCUT2D eigenvalue weighted by molar-refractivity contribution is -0.114. The van der Waals surface area contributed by atoms with Crippen LogP contribution in [0.25, 0.3) is 0 Å². The number of nitrogens with one attached hydrogen (secondary N) is 1. The molecule has 2 aliphatic rings. The number of ether oxygens (including phenoxy) is 1. The SMILES string of the molecule is O=C1CN=C(c2ccccc2)c2nc(N3CCOCC3)ccc2N1. The number of anilines is 2. The van der Waals surface area contributed by atoms with E-state index < -0.39 is 0 Å². The highest BCUT2D eigenvalue weighted by Gasteiger charge is 2.21. The lowest BCUT2D eigenvalue weighted by Gasteiger charge is -2.28. The summed E-state index contributed by atoms with van der Waals surface area (Å²) in [5.41, 5.74) is 3.13. The first kappa shape index (κ1) is 14.8. The van der Waals surface area contributed by atoms with Crippen LogP contribution < -0.4 is 10.2 Å². The summed E-state index contributed by atoms with van der Waals surface area (Å²) in [7, 11) is 0. The standard InChI is InChI=1S/C18H18N4O2/c23-16-12-19-17(13-4-2-1-3-5-13)18-14(20-16)6-7-15(21-18)22-8-10-24-11-9-22/h1-7H,8-12H2,(H,20,23). The molecule has 0 aliphatic carbocycles. The molecule has 0 atom stereocenters. The van der Waals surface area contributed by atoms with Gasteiger partial charge in [-0.2, -0.15) is 0 Å². The number of nitrogens with zero attached hydrogens (tertiary/aromatic N) is 3. The van der Waals surface area contributed by atoms with Gasteiger partial charge in [0.25, 0.3) is 0 Å². The van der Waals surface area contributed by atoms with Gasteiger partial charge < -0.3 is 15.0 Å². The van der Waals surface area contributed by atoms with Crippen LogP contribution in [0.15, 0.2) is 47.5 Å². The van der Waals surface area contributed by atoms with Crippen LogP contribution in [-0.4, -0.2) is 49.5 Å². The van der Waals surface area contributed by atoms with Crippen molar-refractivity contribution in [3.63, 3.8) is 0 Å². The molecule has 6 nitrogen and oxygen atoms in total. The number of benzene rings is 1. The summed E-state index contributed by atoms with van der Waals surface area (Å²) in [6, 6.07) is 13.7. The van der Waals surface area contributed by atoms with E-state index in [2.05, 4.69) is 15.2 Å². The highest BCUT2D eigenvalue weighted by Crippen LogP contribution is 2.25. The van der Waals surface area contributed by atoms with E-state index in [1.165, 1.54) is 0 Å². The van der Waals surface area contributed by atoms with E-state index in [9.17, 15) is 4.79 Å². The fourth-order valence-electron chi connectivity index (χ4n) is 2.94. The van der Waals surface area contributed by atoms with Crippen molar-refractivity contribution in [3.8, 4) is 0 Å². The Bertz CT molecular complexity index is 783. The second-order valence-electron chi connectivity index (χ2n) is 5.74. The molecule has 2 aromatic rings. The topological polar surface area (TPSA) is 66.8 Å². The van der Waals surface area contributed by atoms with E-state index in [0.29, 0.717) is 18.9 Å². The molecule has 1 aromatic carbocycles. The van der Waals surface area contributed by atoms with Crippen molar-refractivity contribution >= 4 is 23.1 Å². The fourth-order valence-corrected chi connectivity index (χ4v) is 2.94. The number of hydrogen-bond acceptors (Lipinski definition) is 5. The van der Waals surface area contributed by atoms with E-state index >= 15 is 0 Å². The van der Waals surface area contributed by atoms with E-state index in [1.54, 1.807) is 0 Å². The zero-order valence-electron chi connectivity index (χ0n) is 13.2. The molecule has 1 saturated heterocycles. The van der Waals surface area contributed by atoms with Crippen molar-refractivity contribution in [1.82, 2.24) is 4.98 Å². The third kappa shape index (κ3) is 2.88. The van der Waals surface area contributed by atoms with Crippen molar-refractivity contribution in [3.05, 3.63) is 53.7 Å². The molecule has 0 spiro atoms. The van der Waals surface area contributed by atoms with Gasteiger partial charge in [0, 0.05) is 18.7 Å². The molecule has 24 heavy (non-hydrogen) atoms. The number of carbonyl (C=O) groups is 1. The number of carbonyl (C=O) groups excluding carboxylic acids is 1. The van der Waals surface area contributed by atoms with Gasteiger partial charge in [-0.1, -0.05) is 30.3 Å². The maximum atomic E-state index is 11.9. The van der Waals surface area contributed by atoms with Crippen molar-refractivity contribution in [1.29, 1.82) is 0 Å². The average molecular weight is 322 g/mol. The van der Waals surface area contributed by atoms with Crippen molar-refractivity contribution in [2.45, 2.75) is 0 Å². The van der Waals surface area contributed by atoms with Crippen LogP contribution in [0.5, 0.6) is 0 Å². The van der Waals surface area contributed by atoms with E-state index in [0.717, 1.165) is 35.9 Å². The van der Waals surface area contributed by atoms with Gasteiger partial charge in [0.15, 0.2) is 0 Å². The molecule has 0 saturated carbocycles. The highest BCUT2D eigenvalue weighted by molar-refractivity contribution is 6.18. The third-order valence-electron chi connectivity index (χ3n) is 4.14. The van der Waals surface area contributed by atoms with Gasteiger partial charge in [0.1, 0.15) is 18.1 Å². The molecule has 122 valence electrons. The van der Waals surface area contributed by atoms with Gasteiger partial charge in [-0.05, 0) is 12.1 Å². The quantitative estimate of drug-likeness (QED) is 0.914. The van der Waals surface area contributed by atoms with Gasteiger partial charge in [-0.3, -0.25) is 9.79 Å². The Labute approximate surface area is 140 Å². The monoisotopic (exact) mass is 322 g/mol. The summed E-state index contributed by atoms with van der Waals surface area (Å²) in [5, 5.41) is 2.89. The molecule has 4 rings (SSSR count). The van der Waals surface area contributed by atoms with Crippen LogP contribution in [0.3, 0.4) is 0 Å². The first-order valence-electron chi connectivity index (χ1n) is 8.05. The van der Waals surface area contributed by atoms with Gasteiger partial charge in [0.05, 0.1) is 24.6 Å². The van der Waals surface area contributed by atoms with Gasteiger partial charge in [-0.25, -0.2) is 4.98 Å². The van der Waals surface area contributed by atoms with Crippen LogP contribution in [0.2, 0.25) is 0 Å². The molecule has 0 bridgehead atoms. The van der Waals surface area contributed by atoms with Crippen LogP contribution in [0.1, 0.15) is 11.3 Å². The molecule has 1 aromatic heterocycles. The number of fused-ring (bicyclic) bond motifs is 1. The Hall–Kier alpha value is -2.73. The maximum Gasteiger partial charge on any atom is 0.246 e. The van der Waals surface area contributed by atoms with E-state index in [4.69, 9.17) is 9.72 Å². The number of rotatable bonds is 2. The van der Waals surface area contributed by atoms with Gasteiger partial charge >= 0.3 is 0 Å². The van der Waals surface area contributed by atoms with Gasteiger partial charge in [-0.15, -0.1) is 0 Å². The lowest BCUT2D eigenvalue weighted by Crippen LogP contribution is -2.37. The van der Waals surface area contributed by atoms with Crippen LogP contribution in [-0.2, 0) is 9.53 Å². The van der Waals surface area contributed by atoms with Crippen LogP contribution in [0, 0.1) is 0 Å². The Morgan fingerprint density at radius 1 is 1.04 bits per heavy atom. The lowest BCUT2D eigenvalue weighted by atomic mass is 10.1. The predicted octanol–water partition coefficient (Wildman–Crippen LogP) is 1.71. The number of aliphatic imine (C=N–C) groups is 1. The van der Waals surface area contributed by atoms with Gasteiger partial charge in [0.2, 0.25) is 5.91 Å². The van der Waals surface area contributed by atoms with E-state index in [-0.39, 0.29) is 12.5 Å². The van der Waals surface area contributed by atoms with Crippen molar-refractivity contribution in [2.75, 3.05) is 43.1 Å². The maximum absolute atomic E-state index is 11.9. The number of amides is 1. The Kier molecular flexibility index (Phi) is 3.96. The minimum Gasteiger partial charge on any atom is -0.378 e. The Balaban J connectivity index is 1.79. The first-order chi connectivity index (χ1) is 11.8. The number of aromatic nitrogens is 1. The number of hydrogen-bond donors (Lipinski definition) is 1. The van der Waals surface area contributed by atoms with Crippen LogP contribution >= 0.6 is 0 Å². The second-order valence-corrected chi connectivity index (χ2v) is 5.74. The molecular formula is C18H18N4O2. The molecule has 1 fully saturated rings. The second kappa shape index (κ2) is 6.41. The highest BCUT2D eigenvalue weighted by atomic mass is 16.5. The fraction of sp³-hybridized carbons (Fsp3) is 0.278. The molecule has 2 aliphatic heterocycles. The smallest absolute Gasteiger partial charge is 0.246 e. The predicted molar refractivity (Wildman–Crippen MR) is 92.8 cm³/mol. The van der Waals surface area contributed by atoms with Crippen molar-refractivity contribution in [2.24, 2.45) is 4.99 Å². The van der Waals surface area contributed by atoms with E-state index in [1.807, 2.05) is 42.5 Å². The molecule has 1 amide bonds. The Morgan fingerprint density at radius 3 is 2.62 bits per heavy atom. The minimum atomic E-state index is -0.122. The zero-order valence-corrected chi connectivity index (χ0v) is 13.2. The summed E-state index contributed by atoms with van der Waals surface area (Å²) in [4.78, 5) is 23.4. The Morgan fingerprint density at radius 2 is 1.83 bits per heavy atom. The molecule has 3 heterocycles. The zero-order chi connectivity index (χ0) is 16.4.